The van der Waals surface area contributed by atoms with E-state index in [4.69, 9.17) is 0 Å². The molecular weight excluding hydrogens is 292 g/mol. The summed E-state index contributed by atoms with van der Waals surface area (Å²) in [5.41, 5.74) is 1.72. The number of hydrogen-bond acceptors (Lipinski definition) is 4. The van der Waals surface area contributed by atoms with Gasteiger partial charge in [-0.15, -0.1) is 11.8 Å². The SMILES string of the molecule is CSc1ccccc1NC(=O)CCn1c(C)csc1=O. The maximum absolute atomic E-state index is 12.0. The first-order valence-electron chi connectivity index (χ1n) is 6.19. The Morgan fingerprint density at radius 1 is 1.40 bits per heavy atom. The predicted octanol–water partition coefficient (Wildman–Crippen LogP) is 2.97. The molecular formula is C14H16N2O2S2. The molecule has 0 radical (unpaired) electrons. The van der Waals surface area contributed by atoms with E-state index in [-0.39, 0.29) is 10.8 Å². The highest BCUT2D eigenvalue weighted by atomic mass is 32.2. The predicted molar refractivity (Wildman–Crippen MR) is 84.8 cm³/mol. The zero-order chi connectivity index (χ0) is 14.5. The molecule has 0 saturated carbocycles. The van der Waals surface area contributed by atoms with Gasteiger partial charge < -0.3 is 9.88 Å². The van der Waals surface area contributed by atoms with Gasteiger partial charge in [0.05, 0.1) is 5.69 Å². The number of hydrogen-bond donors (Lipinski definition) is 1. The Morgan fingerprint density at radius 3 is 2.80 bits per heavy atom. The first-order valence-corrected chi connectivity index (χ1v) is 8.30. The minimum absolute atomic E-state index is 0.0141. The largest absolute Gasteiger partial charge is 0.325 e. The molecule has 2 rings (SSSR count). The number of thioether (sulfide) groups is 1. The van der Waals surface area contributed by atoms with Crippen molar-refractivity contribution in [1.29, 1.82) is 0 Å². The van der Waals surface area contributed by atoms with Gasteiger partial charge in [-0.25, -0.2) is 0 Å². The van der Waals surface area contributed by atoms with Crippen molar-refractivity contribution in [1.82, 2.24) is 4.57 Å². The van der Waals surface area contributed by atoms with E-state index in [2.05, 4.69) is 5.32 Å². The fourth-order valence-corrected chi connectivity index (χ4v) is 3.16. The average molecular weight is 308 g/mol. The molecule has 0 aliphatic heterocycles. The molecule has 4 nitrogen and oxygen atoms in total. The van der Waals surface area contributed by atoms with Crippen LogP contribution in [0.25, 0.3) is 0 Å². The van der Waals surface area contributed by atoms with Crippen LogP contribution >= 0.6 is 23.1 Å². The monoisotopic (exact) mass is 308 g/mol. The third-order valence-electron chi connectivity index (χ3n) is 2.92. The summed E-state index contributed by atoms with van der Waals surface area (Å²) >= 11 is 2.75. The highest BCUT2D eigenvalue weighted by Gasteiger charge is 2.08. The van der Waals surface area contributed by atoms with E-state index in [9.17, 15) is 9.59 Å². The Bertz CT molecular complexity index is 661. The van der Waals surface area contributed by atoms with Gasteiger partial charge >= 0.3 is 4.87 Å². The molecule has 20 heavy (non-hydrogen) atoms. The Kier molecular flexibility index (Phi) is 5.03. The lowest BCUT2D eigenvalue weighted by Crippen LogP contribution is -2.20. The molecule has 1 amide bonds. The minimum atomic E-state index is -0.0796. The molecule has 0 fully saturated rings. The number of aryl methyl sites for hydroxylation is 1. The Hall–Kier alpha value is -1.53. The summed E-state index contributed by atoms with van der Waals surface area (Å²) in [4.78, 5) is 24.5. The van der Waals surface area contributed by atoms with E-state index in [1.807, 2.05) is 42.8 Å². The van der Waals surface area contributed by atoms with Crippen LogP contribution in [0.15, 0.2) is 39.3 Å². The third-order valence-corrected chi connectivity index (χ3v) is 4.60. The Labute approximate surface area is 125 Å². The number of thiazole rings is 1. The average Bonchev–Trinajstić information content (AvgIpc) is 2.76. The lowest BCUT2D eigenvalue weighted by Gasteiger charge is -2.09. The molecule has 0 bridgehead atoms. The van der Waals surface area contributed by atoms with E-state index in [1.54, 1.807) is 16.3 Å². The number of nitrogens with zero attached hydrogens (tertiary/aromatic N) is 1. The number of anilines is 1. The number of nitrogens with one attached hydrogen (secondary N) is 1. The molecule has 0 saturated heterocycles. The lowest BCUT2D eigenvalue weighted by atomic mass is 10.3. The molecule has 0 aliphatic carbocycles. The van der Waals surface area contributed by atoms with Crippen LogP contribution in [-0.2, 0) is 11.3 Å². The van der Waals surface area contributed by atoms with Gasteiger partial charge in [0.1, 0.15) is 0 Å². The number of carbonyl (C=O) groups is 1. The number of aromatic nitrogens is 1. The zero-order valence-electron chi connectivity index (χ0n) is 11.4. The van der Waals surface area contributed by atoms with Gasteiger partial charge in [-0.2, -0.15) is 0 Å². The van der Waals surface area contributed by atoms with E-state index in [0.717, 1.165) is 16.3 Å². The van der Waals surface area contributed by atoms with Gasteiger partial charge in [0, 0.05) is 28.9 Å². The Balaban J connectivity index is 1.98. The number of para-hydroxylation sites is 1. The second-order valence-electron chi connectivity index (χ2n) is 4.29. The summed E-state index contributed by atoms with van der Waals surface area (Å²) in [5.74, 6) is -0.0796. The van der Waals surface area contributed by atoms with Gasteiger partial charge in [-0.3, -0.25) is 9.59 Å². The highest BCUT2D eigenvalue weighted by Crippen LogP contribution is 2.24. The minimum Gasteiger partial charge on any atom is -0.325 e. The number of amides is 1. The van der Waals surface area contributed by atoms with Crippen LogP contribution in [0.5, 0.6) is 0 Å². The summed E-state index contributed by atoms with van der Waals surface area (Å²) in [6.45, 7) is 2.29. The molecule has 1 heterocycles. The van der Waals surface area contributed by atoms with Crippen LogP contribution in [0, 0.1) is 6.92 Å². The molecule has 1 N–H and O–H groups in total. The van der Waals surface area contributed by atoms with Crippen molar-refractivity contribution in [2.45, 2.75) is 24.8 Å². The van der Waals surface area contributed by atoms with Crippen LogP contribution in [0.1, 0.15) is 12.1 Å². The highest BCUT2D eigenvalue weighted by molar-refractivity contribution is 7.98. The lowest BCUT2D eigenvalue weighted by molar-refractivity contribution is -0.116. The van der Waals surface area contributed by atoms with Gasteiger partial charge in [0.25, 0.3) is 0 Å². The molecule has 6 heteroatoms. The summed E-state index contributed by atoms with van der Waals surface area (Å²) in [6, 6.07) is 7.68. The van der Waals surface area contributed by atoms with Crippen LogP contribution in [0.3, 0.4) is 0 Å². The van der Waals surface area contributed by atoms with Gasteiger partial charge in [-0.05, 0) is 25.3 Å². The molecule has 1 aromatic carbocycles. The Morgan fingerprint density at radius 2 is 2.15 bits per heavy atom. The second-order valence-corrected chi connectivity index (χ2v) is 5.96. The van der Waals surface area contributed by atoms with E-state index >= 15 is 0 Å². The molecule has 1 aromatic heterocycles. The van der Waals surface area contributed by atoms with Gasteiger partial charge in [-0.1, -0.05) is 23.5 Å². The summed E-state index contributed by atoms with van der Waals surface area (Å²) in [6.07, 6.45) is 2.26. The van der Waals surface area contributed by atoms with Crippen molar-refractivity contribution in [2.75, 3.05) is 11.6 Å². The van der Waals surface area contributed by atoms with Crippen LogP contribution < -0.4 is 10.2 Å². The molecule has 2 aromatic rings. The van der Waals surface area contributed by atoms with Crippen molar-refractivity contribution in [3.05, 3.63) is 45.0 Å². The molecule has 0 aliphatic rings. The van der Waals surface area contributed by atoms with E-state index in [1.165, 1.54) is 11.3 Å². The summed E-state index contributed by atoms with van der Waals surface area (Å²) < 4.78 is 1.63. The van der Waals surface area contributed by atoms with Crippen molar-refractivity contribution in [3.8, 4) is 0 Å². The fraction of sp³-hybridized carbons (Fsp3) is 0.286. The quantitative estimate of drug-likeness (QED) is 0.864. The van der Waals surface area contributed by atoms with Gasteiger partial charge in [0.2, 0.25) is 5.91 Å². The molecule has 0 unspecified atom stereocenters. The normalized spacial score (nSPS) is 10.5. The first kappa shape index (κ1) is 14.9. The number of rotatable bonds is 5. The third kappa shape index (κ3) is 3.52. The van der Waals surface area contributed by atoms with Crippen molar-refractivity contribution in [2.24, 2.45) is 0 Å². The van der Waals surface area contributed by atoms with Crippen LogP contribution in [0.4, 0.5) is 5.69 Å². The van der Waals surface area contributed by atoms with E-state index in [0.29, 0.717) is 13.0 Å². The first-order chi connectivity index (χ1) is 9.61. The second kappa shape index (κ2) is 6.76. The number of carbonyl (C=O) groups excluding carboxylic acids is 1. The molecule has 106 valence electrons. The molecule has 0 atom stereocenters. The zero-order valence-corrected chi connectivity index (χ0v) is 13.0. The van der Waals surface area contributed by atoms with Gasteiger partial charge in [0.15, 0.2) is 0 Å². The number of benzene rings is 1. The summed E-state index contributed by atoms with van der Waals surface area (Å²) in [5, 5.41) is 4.70. The maximum atomic E-state index is 12.0. The van der Waals surface area contributed by atoms with Crippen molar-refractivity contribution >= 4 is 34.7 Å². The van der Waals surface area contributed by atoms with Crippen molar-refractivity contribution < 1.29 is 4.79 Å². The van der Waals surface area contributed by atoms with E-state index < -0.39 is 0 Å². The standard InChI is InChI=1S/C14H16N2O2S2/c1-10-9-20-14(18)16(10)8-7-13(17)15-11-5-3-4-6-12(11)19-2/h3-6,9H,7-8H2,1-2H3,(H,15,17). The maximum Gasteiger partial charge on any atom is 0.307 e. The topological polar surface area (TPSA) is 51.1 Å². The fourth-order valence-electron chi connectivity index (χ4n) is 1.85. The summed E-state index contributed by atoms with van der Waals surface area (Å²) in [7, 11) is 0. The van der Waals surface area contributed by atoms with Crippen molar-refractivity contribution in [3.63, 3.8) is 0 Å². The van der Waals surface area contributed by atoms with Crippen LogP contribution in [-0.4, -0.2) is 16.7 Å². The molecule has 0 spiro atoms. The smallest absolute Gasteiger partial charge is 0.307 e. The van der Waals surface area contributed by atoms with Crippen LogP contribution in [0.2, 0.25) is 0 Å².